The van der Waals surface area contributed by atoms with Gasteiger partial charge in [-0.2, -0.15) is 5.10 Å². The van der Waals surface area contributed by atoms with Crippen LogP contribution >= 0.6 is 0 Å². The van der Waals surface area contributed by atoms with Gasteiger partial charge in [0.15, 0.2) is 0 Å². The van der Waals surface area contributed by atoms with Crippen LogP contribution < -0.4 is 10.1 Å². The summed E-state index contributed by atoms with van der Waals surface area (Å²) in [7, 11) is 1.61. The first kappa shape index (κ1) is 19.0. The van der Waals surface area contributed by atoms with Crippen LogP contribution in [0.3, 0.4) is 0 Å². The SMILES string of the molecule is COc1ccc(Cn2cc(-c3ccc4c(C5CCC(=O)NC5=O)coc4c3)cn2)nc1. The second kappa shape index (κ2) is 7.71. The van der Waals surface area contributed by atoms with Crippen LogP contribution in [0, 0.1) is 0 Å². The first-order valence-electron chi connectivity index (χ1n) is 9.97. The van der Waals surface area contributed by atoms with Crippen molar-refractivity contribution in [2.24, 2.45) is 0 Å². The highest BCUT2D eigenvalue weighted by Gasteiger charge is 2.30. The lowest BCUT2D eigenvalue weighted by atomic mass is 9.90. The van der Waals surface area contributed by atoms with E-state index in [2.05, 4.69) is 15.4 Å². The largest absolute Gasteiger partial charge is 0.495 e. The standard InChI is InChI=1S/C23H20N4O4/c1-30-17-4-3-16(24-10-17)12-27-11-15(9-25-27)14-2-5-18-20(13-31-21(18)8-14)19-6-7-22(28)26-23(19)29/h2-5,8-11,13,19H,6-7,12H2,1H3,(H,26,28,29). The number of fused-ring (bicyclic) bond motifs is 1. The second-order valence-electron chi connectivity index (χ2n) is 7.52. The molecule has 31 heavy (non-hydrogen) atoms. The van der Waals surface area contributed by atoms with E-state index < -0.39 is 0 Å². The van der Waals surface area contributed by atoms with Gasteiger partial charge in [0.25, 0.3) is 0 Å². The van der Waals surface area contributed by atoms with Crippen molar-refractivity contribution in [2.75, 3.05) is 7.11 Å². The smallest absolute Gasteiger partial charge is 0.234 e. The van der Waals surface area contributed by atoms with Gasteiger partial charge in [-0.25, -0.2) is 0 Å². The number of carbonyl (C=O) groups is 2. The van der Waals surface area contributed by atoms with Crippen LogP contribution in [0.25, 0.3) is 22.1 Å². The number of hydrogen-bond donors (Lipinski definition) is 1. The average molecular weight is 416 g/mol. The van der Waals surface area contributed by atoms with Crippen molar-refractivity contribution in [1.82, 2.24) is 20.1 Å². The summed E-state index contributed by atoms with van der Waals surface area (Å²) in [5.41, 5.74) is 4.31. The number of pyridine rings is 1. The summed E-state index contributed by atoms with van der Waals surface area (Å²) in [6.07, 6.45) is 7.89. The van der Waals surface area contributed by atoms with E-state index in [-0.39, 0.29) is 17.7 Å². The Labute approximate surface area is 177 Å². The van der Waals surface area contributed by atoms with Crippen molar-refractivity contribution in [3.05, 3.63) is 66.4 Å². The molecule has 3 aromatic heterocycles. The topological polar surface area (TPSA) is 99.2 Å². The van der Waals surface area contributed by atoms with Gasteiger partial charge in [0, 0.05) is 29.1 Å². The van der Waals surface area contributed by atoms with Gasteiger partial charge in [0.05, 0.1) is 43.9 Å². The molecule has 1 N–H and O–H groups in total. The Balaban J connectivity index is 1.37. The summed E-state index contributed by atoms with van der Waals surface area (Å²) in [4.78, 5) is 28.0. The molecular weight excluding hydrogens is 396 g/mol. The highest BCUT2D eigenvalue weighted by molar-refractivity contribution is 6.02. The molecule has 1 aliphatic heterocycles. The first-order chi connectivity index (χ1) is 15.1. The molecule has 1 unspecified atom stereocenters. The molecule has 5 rings (SSSR count). The lowest BCUT2D eigenvalue weighted by Gasteiger charge is -2.19. The number of benzene rings is 1. The molecule has 4 heterocycles. The highest BCUT2D eigenvalue weighted by Crippen LogP contribution is 2.34. The minimum atomic E-state index is -0.371. The molecule has 0 saturated carbocycles. The summed E-state index contributed by atoms with van der Waals surface area (Å²) in [5, 5.41) is 7.72. The Morgan fingerprint density at radius 2 is 2.10 bits per heavy atom. The van der Waals surface area contributed by atoms with Crippen molar-refractivity contribution in [3.63, 3.8) is 0 Å². The fourth-order valence-electron chi connectivity index (χ4n) is 3.88. The van der Waals surface area contributed by atoms with Crippen LogP contribution in [0.15, 0.2) is 59.6 Å². The number of nitrogens with zero attached hydrogens (tertiary/aromatic N) is 3. The molecule has 1 saturated heterocycles. The van der Waals surface area contributed by atoms with E-state index in [1.165, 1.54) is 0 Å². The third-order valence-electron chi connectivity index (χ3n) is 5.54. The van der Waals surface area contributed by atoms with Crippen molar-refractivity contribution in [2.45, 2.75) is 25.3 Å². The van der Waals surface area contributed by atoms with Crippen LogP contribution in [0.1, 0.15) is 30.0 Å². The second-order valence-corrected chi connectivity index (χ2v) is 7.52. The van der Waals surface area contributed by atoms with Crippen molar-refractivity contribution < 1.29 is 18.7 Å². The monoisotopic (exact) mass is 416 g/mol. The van der Waals surface area contributed by atoms with E-state index in [4.69, 9.17) is 9.15 Å². The lowest BCUT2D eigenvalue weighted by Crippen LogP contribution is -2.39. The molecule has 1 aromatic carbocycles. The molecule has 0 aliphatic carbocycles. The molecule has 2 amide bonds. The molecule has 0 radical (unpaired) electrons. The molecule has 156 valence electrons. The molecule has 1 atom stereocenters. The fraction of sp³-hybridized carbons (Fsp3) is 0.217. The van der Waals surface area contributed by atoms with E-state index in [9.17, 15) is 9.59 Å². The van der Waals surface area contributed by atoms with Crippen LogP contribution in [0.5, 0.6) is 5.75 Å². The quantitative estimate of drug-likeness (QED) is 0.501. The van der Waals surface area contributed by atoms with Gasteiger partial charge < -0.3 is 9.15 Å². The highest BCUT2D eigenvalue weighted by atomic mass is 16.5. The van der Waals surface area contributed by atoms with E-state index >= 15 is 0 Å². The van der Waals surface area contributed by atoms with Crippen molar-refractivity contribution >= 4 is 22.8 Å². The van der Waals surface area contributed by atoms with E-state index in [0.717, 1.165) is 27.8 Å². The number of aromatic nitrogens is 3. The molecule has 1 aliphatic rings. The summed E-state index contributed by atoms with van der Waals surface area (Å²) in [6.45, 7) is 0.548. The van der Waals surface area contributed by atoms with Gasteiger partial charge in [-0.05, 0) is 30.2 Å². The zero-order chi connectivity index (χ0) is 21.4. The minimum Gasteiger partial charge on any atom is -0.495 e. The number of carbonyl (C=O) groups excluding carboxylic acids is 2. The van der Waals surface area contributed by atoms with Crippen molar-refractivity contribution in [3.8, 4) is 16.9 Å². The Kier molecular flexibility index (Phi) is 4.74. The summed E-state index contributed by atoms with van der Waals surface area (Å²) < 4.78 is 12.7. The van der Waals surface area contributed by atoms with Gasteiger partial charge in [-0.1, -0.05) is 12.1 Å². The van der Waals surface area contributed by atoms with Gasteiger partial charge >= 0.3 is 0 Å². The van der Waals surface area contributed by atoms with E-state index in [0.29, 0.717) is 30.7 Å². The van der Waals surface area contributed by atoms with Crippen LogP contribution in [-0.4, -0.2) is 33.7 Å². The normalized spacial score (nSPS) is 16.5. The molecule has 0 bridgehead atoms. The average Bonchev–Trinajstić information content (AvgIpc) is 3.41. The number of hydrogen-bond acceptors (Lipinski definition) is 6. The molecule has 8 heteroatoms. The number of amides is 2. The number of ether oxygens (including phenoxy) is 1. The number of rotatable bonds is 5. The molecule has 8 nitrogen and oxygen atoms in total. The maximum absolute atomic E-state index is 12.2. The zero-order valence-electron chi connectivity index (χ0n) is 16.9. The Morgan fingerprint density at radius 1 is 1.19 bits per heavy atom. The predicted octanol–water partition coefficient (Wildman–Crippen LogP) is 3.27. The number of piperidine rings is 1. The maximum Gasteiger partial charge on any atom is 0.234 e. The van der Waals surface area contributed by atoms with Crippen LogP contribution in [-0.2, 0) is 16.1 Å². The van der Waals surface area contributed by atoms with Crippen LogP contribution in [0.4, 0.5) is 0 Å². The molecule has 0 spiro atoms. The van der Waals surface area contributed by atoms with E-state index in [1.807, 2.05) is 41.2 Å². The predicted molar refractivity (Wildman–Crippen MR) is 112 cm³/mol. The third-order valence-corrected chi connectivity index (χ3v) is 5.54. The fourth-order valence-corrected chi connectivity index (χ4v) is 3.88. The van der Waals surface area contributed by atoms with Crippen molar-refractivity contribution in [1.29, 1.82) is 0 Å². The Morgan fingerprint density at radius 3 is 2.87 bits per heavy atom. The summed E-state index contributed by atoms with van der Waals surface area (Å²) in [6, 6.07) is 9.66. The summed E-state index contributed by atoms with van der Waals surface area (Å²) in [5.74, 6) is -0.146. The first-order valence-corrected chi connectivity index (χ1v) is 9.97. The third kappa shape index (κ3) is 3.68. The molecule has 1 fully saturated rings. The van der Waals surface area contributed by atoms with Crippen LogP contribution in [0.2, 0.25) is 0 Å². The Hall–Kier alpha value is -3.94. The van der Waals surface area contributed by atoms with E-state index in [1.54, 1.807) is 25.8 Å². The van der Waals surface area contributed by atoms with Gasteiger partial charge in [-0.15, -0.1) is 0 Å². The number of nitrogens with one attached hydrogen (secondary N) is 1. The lowest BCUT2D eigenvalue weighted by molar-refractivity contribution is -0.134. The number of imide groups is 1. The molecular formula is C23H20N4O4. The van der Waals surface area contributed by atoms with Gasteiger partial charge in [0.1, 0.15) is 11.3 Å². The zero-order valence-corrected chi connectivity index (χ0v) is 16.9. The Bertz CT molecular complexity index is 1270. The minimum absolute atomic E-state index is 0.224. The van der Waals surface area contributed by atoms with Gasteiger partial charge in [-0.3, -0.25) is 24.6 Å². The van der Waals surface area contributed by atoms with Gasteiger partial charge in [0.2, 0.25) is 11.8 Å². The maximum atomic E-state index is 12.2. The summed E-state index contributed by atoms with van der Waals surface area (Å²) >= 11 is 0. The number of methoxy groups -OCH3 is 1. The molecule has 4 aromatic rings. The number of furan rings is 1.